The van der Waals surface area contributed by atoms with Crippen LogP contribution in [0.5, 0.6) is 11.5 Å². The van der Waals surface area contributed by atoms with Crippen molar-refractivity contribution in [1.29, 1.82) is 0 Å². The van der Waals surface area contributed by atoms with Gasteiger partial charge in [-0.05, 0) is 37.1 Å². The third-order valence-corrected chi connectivity index (χ3v) is 5.55. The van der Waals surface area contributed by atoms with Gasteiger partial charge in [-0.15, -0.1) is 0 Å². The molecule has 0 bridgehead atoms. The average molecular weight is 392 g/mol. The Morgan fingerprint density at radius 3 is 2.48 bits per heavy atom. The maximum absolute atomic E-state index is 12.0. The zero-order valence-corrected chi connectivity index (χ0v) is 16.5. The molecule has 0 amide bonds. The van der Waals surface area contributed by atoms with Crippen molar-refractivity contribution in [2.75, 3.05) is 20.8 Å². The van der Waals surface area contributed by atoms with Gasteiger partial charge in [0.05, 0.1) is 37.0 Å². The van der Waals surface area contributed by atoms with Crippen LogP contribution in [-0.2, 0) is 4.79 Å². The van der Waals surface area contributed by atoms with Crippen LogP contribution in [0.2, 0.25) is 0 Å². The monoisotopic (exact) mass is 392 g/mol. The summed E-state index contributed by atoms with van der Waals surface area (Å²) in [5.41, 5.74) is 2.45. The third kappa shape index (κ3) is 3.51. The predicted octanol–water partition coefficient (Wildman–Crippen LogP) is 3.89. The van der Waals surface area contributed by atoms with Gasteiger partial charge in [0, 0.05) is 11.9 Å². The zero-order chi connectivity index (χ0) is 20.4. The number of methoxy groups -OCH3 is 2. The Kier molecular flexibility index (Phi) is 5.36. The van der Waals surface area contributed by atoms with Crippen molar-refractivity contribution in [2.24, 2.45) is 0 Å². The van der Waals surface area contributed by atoms with E-state index >= 15 is 0 Å². The van der Waals surface area contributed by atoms with Gasteiger partial charge in [0.25, 0.3) is 0 Å². The first-order valence-electron chi connectivity index (χ1n) is 9.69. The van der Waals surface area contributed by atoms with E-state index in [1.807, 2.05) is 59.5 Å². The van der Waals surface area contributed by atoms with Crippen LogP contribution in [0.3, 0.4) is 0 Å². The Morgan fingerprint density at radius 1 is 1.07 bits per heavy atom. The quantitative estimate of drug-likeness (QED) is 0.686. The summed E-state index contributed by atoms with van der Waals surface area (Å²) in [5.74, 6) is 0.489. The molecule has 2 atom stereocenters. The lowest BCUT2D eigenvalue weighted by atomic mass is 9.97. The Labute approximate surface area is 169 Å². The minimum atomic E-state index is -0.817. The molecule has 0 saturated carbocycles. The number of carboxylic acids is 1. The van der Waals surface area contributed by atoms with Crippen molar-refractivity contribution in [3.63, 3.8) is 0 Å². The number of carbonyl (C=O) groups is 1. The molecule has 150 valence electrons. The molecule has 1 saturated heterocycles. The van der Waals surface area contributed by atoms with E-state index in [9.17, 15) is 9.90 Å². The first-order valence-corrected chi connectivity index (χ1v) is 9.69. The van der Waals surface area contributed by atoms with Crippen LogP contribution in [0.15, 0.2) is 54.6 Å². The SMILES string of the molecule is COc1cccc(OC)c1C(c1ccc2ccccc2n1)N1CCCC1C(=O)O. The molecular formula is C23H24N2O4. The number of para-hydroxylation sites is 1. The molecule has 3 aromatic rings. The van der Waals surface area contributed by atoms with E-state index in [0.29, 0.717) is 24.5 Å². The highest BCUT2D eigenvalue weighted by Gasteiger charge is 2.39. The summed E-state index contributed by atoms with van der Waals surface area (Å²) < 4.78 is 11.3. The lowest BCUT2D eigenvalue weighted by Gasteiger charge is -2.33. The number of ether oxygens (including phenoxy) is 2. The minimum Gasteiger partial charge on any atom is -0.496 e. The fourth-order valence-electron chi connectivity index (χ4n) is 4.23. The number of carboxylic acid groups (broad SMARTS) is 1. The molecule has 1 aliphatic rings. The predicted molar refractivity (Wildman–Crippen MR) is 110 cm³/mol. The molecule has 2 heterocycles. The molecule has 29 heavy (non-hydrogen) atoms. The van der Waals surface area contributed by atoms with Crippen LogP contribution in [0.4, 0.5) is 0 Å². The molecule has 0 aliphatic carbocycles. The zero-order valence-electron chi connectivity index (χ0n) is 16.5. The highest BCUT2D eigenvalue weighted by atomic mass is 16.5. The second kappa shape index (κ2) is 8.09. The average Bonchev–Trinajstić information content (AvgIpc) is 3.23. The summed E-state index contributed by atoms with van der Waals surface area (Å²) >= 11 is 0. The van der Waals surface area contributed by atoms with Crippen molar-refractivity contribution in [3.05, 3.63) is 65.9 Å². The maximum Gasteiger partial charge on any atom is 0.320 e. The van der Waals surface area contributed by atoms with Gasteiger partial charge < -0.3 is 14.6 Å². The molecule has 1 aromatic heterocycles. The molecule has 0 spiro atoms. The Hall–Kier alpha value is -3.12. The Bertz CT molecular complexity index is 1010. The van der Waals surface area contributed by atoms with E-state index in [-0.39, 0.29) is 0 Å². The summed E-state index contributed by atoms with van der Waals surface area (Å²) in [7, 11) is 3.23. The van der Waals surface area contributed by atoms with Crippen LogP contribution in [0.25, 0.3) is 10.9 Å². The molecule has 1 aliphatic heterocycles. The van der Waals surface area contributed by atoms with Crippen molar-refractivity contribution in [1.82, 2.24) is 9.88 Å². The molecule has 6 heteroatoms. The number of nitrogens with zero attached hydrogens (tertiary/aromatic N) is 2. The van der Waals surface area contributed by atoms with Gasteiger partial charge in [0.2, 0.25) is 0 Å². The van der Waals surface area contributed by atoms with E-state index in [1.165, 1.54) is 0 Å². The second-order valence-corrected chi connectivity index (χ2v) is 7.14. The van der Waals surface area contributed by atoms with Gasteiger partial charge in [-0.2, -0.15) is 0 Å². The molecule has 6 nitrogen and oxygen atoms in total. The smallest absolute Gasteiger partial charge is 0.320 e. The van der Waals surface area contributed by atoms with Crippen molar-refractivity contribution in [2.45, 2.75) is 24.9 Å². The van der Waals surface area contributed by atoms with Gasteiger partial charge >= 0.3 is 5.97 Å². The van der Waals surface area contributed by atoms with Crippen LogP contribution >= 0.6 is 0 Å². The van der Waals surface area contributed by atoms with E-state index in [0.717, 1.165) is 28.6 Å². The van der Waals surface area contributed by atoms with Gasteiger partial charge in [-0.25, -0.2) is 0 Å². The number of aliphatic carboxylic acids is 1. The summed E-state index contributed by atoms with van der Waals surface area (Å²) in [5, 5.41) is 10.9. The lowest BCUT2D eigenvalue weighted by molar-refractivity contribution is -0.142. The lowest BCUT2D eigenvalue weighted by Crippen LogP contribution is -2.39. The summed E-state index contributed by atoms with van der Waals surface area (Å²) in [6.45, 7) is 0.664. The number of fused-ring (bicyclic) bond motifs is 1. The number of benzene rings is 2. The van der Waals surface area contributed by atoms with Gasteiger partial charge in [0.15, 0.2) is 0 Å². The van der Waals surface area contributed by atoms with Crippen LogP contribution < -0.4 is 9.47 Å². The maximum atomic E-state index is 12.0. The second-order valence-electron chi connectivity index (χ2n) is 7.14. The molecule has 1 N–H and O–H groups in total. The van der Waals surface area contributed by atoms with Crippen LogP contribution in [-0.4, -0.2) is 47.8 Å². The fraction of sp³-hybridized carbons (Fsp3) is 0.304. The number of hydrogen-bond donors (Lipinski definition) is 1. The summed E-state index contributed by atoms with van der Waals surface area (Å²) in [6.07, 6.45) is 1.43. The van der Waals surface area contributed by atoms with Gasteiger partial charge in [-0.1, -0.05) is 30.3 Å². The molecule has 0 radical (unpaired) electrons. The van der Waals surface area contributed by atoms with Crippen molar-refractivity contribution >= 4 is 16.9 Å². The molecule has 2 aromatic carbocycles. The number of likely N-dealkylation sites (tertiary alicyclic amines) is 1. The molecule has 1 fully saturated rings. The van der Waals surface area contributed by atoms with Crippen LogP contribution in [0.1, 0.15) is 30.1 Å². The van der Waals surface area contributed by atoms with E-state index in [2.05, 4.69) is 0 Å². The van der Waals surface area contributed by atoms with Gasteiger partial charge in [0.1, 0.15) is 17.5 Å². The third-order valence-electron chi connectivity index (χ3n) is 5.55. The number of hydrogen-bond acceptors (Lipinski definition) is 5. The molecular weight excluding hydrogens is 368 g/mol. The number of rotatable bonds is 6. The van der Waals surface area contributed by atoms with Crippen LogP contribution in [0, 0.1) is 0 Å². The fourth-order valence-corrected chi connectivity index (χ4v) is 4.23. The normalized spacial score (nSPS) is 17.9. The topological polar surface area (TPSA) is 71.9 Å². The molecule has 4 rings (SSSR count). The van der Waals surface area contributed by atoms with E-state index in [4.69, 9.17) is 14.5 Å². The Balaban J connectivity index is 1.94. The van der Waals surface area contributed by atoms with Crippen molar-refractivity contribution < 1.29 is 19.4 Å². The minimum absolute atomic E-state index is 0.394. The highest BCUT2D eigenvalue weighted by Crippen LogP contribution is 2.43. The Morgan fingerprint density at radius 2 is 1.79 bits per heavy atom. The van der Waals surface area contributed by atoms with Gasteiger partial charge in [-0.3, -0.25) is 14.7 Å². The first kappa shape index (κ1) is 19.2. The van der Waals surface area contributed by atoms with Crippen molar-refractivity contribution in [3.8, 4) is 11.5 Å². The number of pyridine rings is 1. The first-order chi connectivity index (χ1) is 14.1. The van der Waals surface area contributed by atoms with E-state index < -0.39 is 18.1 Å². The summed E-state index contributed by atoms with van der Waals surface area (Å²) in [6, 6.07) is 16.5. The highest BCUT2D eigenvalue weighted by molar-refractivity contribution is 5.79. The molecule has 2 unspecified atom stereocenters. The largest absolute Gasteiger partial charge is 0.496 e. The van der Waals surface area contributed by atoms with E-state index in [1.54, 1.807) is 14.2 Å². The standard InChI is InChI=1S/C23H24N2O4/c1-28-19-10-5-11-20(29-2)21(19)22(25-14-6-9-18(25)23(26)27)17-13-12-15-7-3-4-8-16(15)24-17/h3-5,7-8,10-13,18,22H,6,9,14H2,1-2H3,(H,26,27). The number of aromatic nitrogens is 1. The summed E-state index contributed by atoms with van der Waals surface area (Å²) in [4.78, 5) is 18.9.